The SMILES string of the molecule is COc1ccc(NC(=O)CCCOc2ccc(C(C)(C)C)cc2Br)c(OC)c1. The molecule has 0 heterocycles. The number of nitrogens with one attached hydrogen (secondary N) is 1. The lowest BCUT2D eigenvalue weighted by atomic mass is 9.87. The Morgan fingerprint density at radius 3 is 2.39 bits per heavy atom. The van der Waals surface area contributed by atoms with E-state index in [-0.39, 0.29) is 11.3 Å². The molecule has 0 bridgehead atoms. The molecule has 0 saturated heterocycles. The monoisotopic (exact) mass is 449 g/mol. The highest BCUT2D eigenvalue weighted by Crippen LogP contribution is 2.32. The van der Waals surface area contributed by atoms with Crippen LogP contribution in [0.2, 0.25) is 0 Å². The molecule has 152 valence electrons. The summed E-state index contributed by atoms with van der Waals surface area (Å²) in [6.45, 7) is 6.98. The van der Waals surface area contributed by atoms with Crippen LogP contribution in [0.15, 0.2) is 40.9 Å². The van der Waals surface area contributed by atoms with Gasteiger partial charge in [0.25, 0.3) is 0 Å². The quantitative estimate of drug-likeness (QED) is 0.535. The van der Waals surface area contributed by atoms with Gasteiger partial charge in [-0.1, -0.05) is 26.8 Å². The Morgan fingerprint density at radius 2 is 1.79 bits per heavy atom. The van der Waals surface area contributed by atoms with E-state index >= 15 is 0 Å². The third-order valence-corrected chi connectivity index (χ3v) is 4.91. The molecule has 0 aliphatic heterocycles. The molecular weight excluding hydrogens is 422 g/mol. The normalized spacial score (nSPS) is 11.1. The molecule has 0 atom stereocenters. The van der Waals surface area contributed by atoms with Gasteiger partial charge in [0.05, 0.1) is 31.0 Å². The molecule has 2 aromatic carbocycles. The van der Waals surface area contributed by atoms with Crippen molar-refractivity contribution in [2.75, 3.05) is 26.1 Å². The van der Waals surface area contributed by atoms with Gasteiger partial charge in [-0.05, 0) is 57.6 Å². The summed E-state index contributed by atoms with van der Waals surface area (Å²) in [5.41, 5.74) is 1.94. The number of amides is 1. The molecule has 0 aliphatic rings. The number of methoxy groups -OCH3 is 2. The van der Waals surface area contributed by atoms with Crippen LogP contribution in [0.4, 0.5) is 5.69 Å². The molecule has 0 aliphatic carbocycles. The molecule has 2 aromatic rings. The number of hydrogen-bond acceptors (Lipinski definition) is 4. The first kappa shape index (κ1) is 22.1. The minimum atomic E-state index is -0.0887. The van der Waals surface area contributed by atoms with E-state index in [0.717, 1.165) is 10.2 Å². The van der Waals surface area contributed by atoms with Crippen molar-refractivity contribution in [2.45, 2.75) is 39.0 Å². The second-order valence-corrected chi connectivity index (χ2v) is 8.32. The molecule has 5 nitrogen and oxygen atoms in total. The maximum Gasteiger partial charge on any atom is 0.224 e. The van der Waals surface area contributed by atoms with E-state index in [1.807, 2.05) is 6.07 Å². The molecule has 0 spiro atoms. The fourth-order valence-corrected chi connectivity index (χ4v) is 3.11. The average Bonchev–Trinajstić information content (AvgIpc) is 2.65. The Bertz CT molecular complexity index is 815. The summed E-state index contributed by atoms with van der Waals surface area (Å²) in [5, 5.41) is 2.86. The van der Waals surface area contributed by atoms with Gasteiger partial charge in [0, 0.05) is 12.5 Å². The predicted molar refractivity (Wildman–Crippen MR) is 116 cm³/mol. The molecule has 1 amide bonds. The van der Waals surface area contributed by atoms with Crippen molar-refractivity contribution in [3.63, 3.8) is 0 Å². The molecule has 0 fully saturated rings. The van der Waals surface area contributed by atoms with Crippen molar-refractivity contribution in [3.05, 3.63) is 46.4 Å². The maximum absolute atomic E-state index is 12.2. The first-order valence-electron chi connectivity index (χ1n) is 9.19. The lowest BCUT2D eigenvalue weighted by molar-refractivity contribution is -0.116. The molecule has 0 radical (unpaired) electrons. The number of benzene rings is 2. The summed E-state index contributed by atoms with van der Waals surface area (Å²) in [5.74, 6) is 1.93. The van der Waals surface area contributed by atoms with Crippen molar-refractivity contribution in [2.24, 2.45) is 0 Å². The van der Waals surface area contributed by atoms with Gasteiger partial charge >= 0.3 is 0 Å². The molecule has 1 N–H and O–H groups in total. The van der Waals surface area contributed by atoms with Crippen LogP contribution in [0.5, 0.6) is 17.2 Å². The second kappa shape index (κ2) is 9.82. The molecular formula is C22H28BrNO4. The minimum absolute atomic E-state index is 0.0850. The lowest BCUT2D eigenvalue weighted by Crippen LogP contribution is -2.14. The van der Waals surface area contributed by atoms with Gasteiger partial charge in [-0.25, -0.2) is 0 Å². The van der Waals surface area contributed by atoms with Crippen LogP contribution in [-0.4, -0.2) is 26.7 Å². The summed E-state index contributed by atoms with van der Waals surface area (Å²) in [6.07, 6.45) is 0.963. The van der Waals surface area contributed by atoms with E-state index in [1.54, 1.807) is 32.4 Å². The topological polar surface area (TPSA) is 56.8 Å². The summed E-state index contributed by atoms with van der Waals surface area (Å²) in [4.78, 5) is 12.2. The molecule has 6 heteroatoms. The Kier molecular flexibility index (Phi) is 7.75. The van der Waals surface area contributed by atoms with Gasteiger partial charge in [0.1, 0.15) is 17.2 Å². The van der Waals surface area contributed by atoms with Crippen molar-refractivity contribution < 1.29 is 19.0 Å². The fraction of sp³-hybridized carbons (Fsp3) is 0.409. The maximum atomic E-state index is 12.2. The van der Waals surface area contributed by atoms with E-state index in [9.17, 15) is 4.79 Å². The van der Waals surface area contributed by atoms with Crippen molar-refractivity contribution >= 4 is 27.5 Å². The van der Waals surface area contributed by atoms with Gasteiger partial charge in [0.15, 0.2) is 0 Å². The van der Waals surface area contributed by atoms with Gasteiger partial charge in [-0.15, -0.1) is 0 Å². The van der Waals surface area contributed by atoms with Crippen molar-refractivity contribution in [3.8, 4) is 17.2 Å². The first-order chi connectivity index (χ1) is 13.2. The Morgan fingerprint density at radius 1 is 1.04 bits per heavy atom. The largest absolute Gasteiger partial charge is 0.497 e. The van der Waals surface area contributed by atoms with E-state index in [0.29, 0.717) is 36.6 Å². The van der Waals surface area contributed by atoms with Gasteiger partial charge in [-0.3, -0.25) is 4.79 Å². The molecule has 28 heavy (non-hydrogen) atoms. The number of halogens is 1. The summed E-state index contributed by atoms with van der Waals surface area (Å²) in [7, 11) is 3.14. The van der Waals surface area contributed by atoms with E-state index < -0.39 is 0 Å². The fourth-order valence-electron chi connectivity index (χ4n) is 2.61. The third-order valence-electron chi connectivity index (χ3n) is 4.29. The first-order valence-corrected chi connectivity index (χ1v) is 9.98. The summed E-state index contributed by atoms with van der Waals surface area (Å²) >= 11 is 3.56. The number of carbonyl (C=O) groups is 1. The van der Waals surface area contributed by atoms with Gasteiger partial charge in [0.2, 0.25) is 5.91 Å². The Balaban J connectivity index is 1.83. The number of rotatable bonds is 8. The van der Waals surface area contributed by atoms with E-state index in [4.69, 9.17) is 14.2 Å². The molecule has 0 unspecified atom stereocenters. The number of anilines is 1. The van der Waals surface area contributed by atoms with Crippen molar-refractivity contribution in [1.29, 1.82) is 0 Å². The van der Waals surface area contributed by atoms with E-state index in [2.05, 4.69) is 54.2 Å². The van der Waals surface area contributed by atoms with Crippen LogP contribution in [-0.2, 0) is 10.2 Å². The average molecular weight is 450 g/mol. The van der Waals surface area contributed by atoms with Crippen LogP contribution < -0.4 is 19.5 Å². The number of carbonyl (C=O) groups excluding carboxylic acids is 1. The highest BCUT2D eigenvalue weighted by atomic mass is 79.9. The zero-order chi connectivity index (χ0) is 20.7. The second-order valence-electron chi connectivity index (χ2n) is 7.46. The van der Waals surface area contributed by atoms with Crippen LogP contribution in [0.1, 0.15) is 39.2 Å². The van der Waals surface area contributed by atoms with Crippen LogP contribution in [0.3, 0.4) is 0 Å². The summed E-state index contributed by atoms with van der Waals surface area (Å²) < 4.78 is 17.2. The predicted octanol–water partition coefficient (Wildman–Crippen LogP) is 5.56. The standard InChI is InChI=1S/C22H28BrNO4/c1-22(2,3)15-8-11-19(17(23)13-15)28-12-6-7-21(25)24-18-10-9-16(26-4)14-20(18)27-5/h8-11,13-14H,6-7,12H2,1-5H3,(H,24,25). The van der Waals surface area contributed by atoms with E-state index in [1.165, 1.54) is 5.56 Å². The zero-order valence-corrected chi connectivity index (χ0v) is 18.7. The molecule has 0 aromatic heterocycles. The smallest absolute Gasteiger partial charge is 0.224 e. The van der Waals surface area contributed by atoms with Crippen LogP contribution >= 0.6 is 15.9 Å². The number of hydrogen-bond donors (Lipinski definition) is 1. The van der Waals surface area contributed by atoms with Crippen LogP contribution in [0, 0.1) is 0 Å². The summed E-state index contributed by atoms with van der Waals surface area (Å²) in [6, 6.07) is 11.4. The Hall–Kier alpha value is -2.21. The van der Waals surface area contributed by atoms with Crippen LogP contribution in [0.25, 0.3) is 0 Å². The van der Waals surface area contributed by atoms with Gasteiger partial charge in [-0.2, -0.15) is 0 Å². The highest BCUT2D eigenvalue weighted by Gasteiger charge is 2.15. The Labute approximate surface area is 175 Å². The molecule has 0 saturated carbocycles. The highest BCUT2D eigenvalue weighted by molar-refractivity contribution is 9.10. The third kappa shape index (κ3) is 6.16. The zero-order valence-electron chi connectivity index (χ0n) is 17.1. The lowest BCUT2D eigenvalue weighted by Gasteiger charge is -2.20. The molecule has 2 rings (SSSR count). The van der Waals surface area contributed by atoms with Crippen molar-refractivity contribution in [1.82, 2.24) is 0 Å². The minimum Gasteiger partial charge on any atom is -0.497 e. The number of ether oxygens (including phenoxy) is 3. The van der Waals surface area contributed by atoms with Gasteiger partial charge < -0.3 is 19.5 Å².